The van der Waals surface area contributed by atoms with Gasteiger partial charge in [-0.25, -0.2) is 0 Å². The van der Waals surface area contributed by atoms with Gasteiger partial charge in [0.2, 0.25) is 5.91 Å². The number of rotatable bonds is 53. The summed E-state index contributed by atoms with van der Waals surface area (Å²) in [6.07, 6.45) is 64.8. The third-order valence-electron chi connectivity index (χ3n) is 13.2. The first-order valence-corrected chi connectivity index (χ1v) is 28.6. The first kappa shape index (κ1) is 62.3. The van der Waals surface area contributed by atoms with Crippen LogP contribution in [-0.4, -0.2) is 47.4 Å². The minimum atomic E-state index is -0.848. The lowest BCUT2D eigenvalue weighted by atomic mass is 10.0. The van der Waals surface area contributed by atoms with Gasteiger partial charge in [0.1, 0.15) is 0 Å². The molecule has 2 atom stereocenters. The van der Waals surface area contributed by atoms with Crippen LogP contribution in [0, 0.1) is 0 Å². The number of ether oxygens (including phenoxy) is 1. The lowest BCUT2D eigenvalue weighted by molar-refractivity contribution is -0.143. The van der Waals surface area contributed by atoms with E-state index in [9.17, 15) is 19.8 Å². The Morgan fingerprint density at radius 1 is 0.422 bits per heavy atom. The van der Waals surface area contributed by atoms with Crippen molar-refractivity contribution < 1.29 is 24.5 Å². The summed E-state index contributed by atoms with van der Waals surface area (Å²) in [7, 11) is 0. The quantitative estimate of drug-likeness (QED) is 0.0321. The molecule has 0 saturated heterocycles. The molecule has 6 heteroatoms. The molecule has 0 aliphatic heterocycles. The second-order valence-electron chi connectivity index (χ2n) is 19.6. The fraction of sp³-hybridized carbons (Fsp3) is 0.897. The molecule has 378 valence electrons. The van der Waals surface area contributed by atoms with E-state index in [0.29, 0.717) is 19.4 Å². The molecule has 0 heterocycles. The molecule has 0 aromatic carbocycles. The number of aliphatic hydroxyl groups excluding tert-OH is 2. The second kappa shape index (κ2) is 54.0. The highest BCUT2D eigenvalue weighted by atomic mass is 16.5. The number of allylic oxidation sites excluding steroid dienone is 3. The number of aliphatic hydroxyl groups is 2. The molecule has 64 heavy (non-hydrogen) atoms. The molecule has 2 unspecified atom stereocenters. The highest BCUT2D eigenvalue weighted by Crippen LogP contribution is 2.17. The Morgan fingerprint density at radius 2 is 0.734 bits per heavy atom. The van der Waals surface area contributed by atoms with E-state index < -0.39 is 12.1 Å². The maximum absolute atomic E-state index is 12.4. The third kappa shape index (κ3) is 49.8. The van der Waals surface area contributed by atoms with Crippen LogP contribution >= 0.6 is 0 Å². The largest absolute Gasteiger partial charge is 0.466 e. The van der Waals surface area contributed by atoms with Gasteiger partial charge in [0.25, 0.3) is 0 Å². The lowest BCUT2D eigenvalue weighted by Gasteiger charge is -2.20. The maximum atomic E-state index is 12.4. The highest BCUT2D eigenvalue weighted by Gasteiger charge is 2.18. The van der Waals surface area contributed by atoms with E-state index >= 15 is 0 Å². The van der Waals surface area contributed by atoms with Gasteiger partial charge < -0.3 is 20.3 Å². The minimum absolute atomic E-state index is 0.000701. The van der Waals surface area contributed by atoms with Crippen molar-refractivity contribution >= 4 is 11.9 Å². The summed E-state index contributed by atoms with van der Waals surface area (Å²) in [6.45, 7) is 4.89. The summed E-state index contributed by atoms with van der Waals surface area (Å²) in [5.74, 6) is -0.0752. The van der Waals surface area contributed by atoms with Crippen molar-refractivity contribution in [1.29, 1.82) is 0 Å². The average molecular weight is 903 g/mol. The van der Waals surface area contributed by atoms with Gasteiger partial charge in [0.15, 0.2) is 0 Å². The summed E-state index contributed by atoms with van der Waals surface area (Å²) in [4.78, 5) is 24.5. The number of hydrogen-bond donors (Lipinski definition) is 3. The van der Waals surface area contributed by atoms with Gasteiger partial charge >= 0.3 is 5.97 Å². The second-order valence-corrected chi connectivity index (χ2v) is 19.6. The van der Waals surface area contributed by atoms with Crippen molar-refractivity contribution in [2.45, 2.75) is 321 Å². The zero-order chi connectivity index (χ0) is 46.5. The van der Waals surface area contributed by atoms with Gasteiger partial charge in [-0.1, -0.05) is 263 Å². The van der Waals surface area contributed by atoms with Crippen LogP contribution in [0.2, 0.25) is 0 Å². The van der Waals surface area contributed by atoms with Gasteiger partial charge in [0.05, 0.1) is 25.4 Å². The van der Waals surface area contributed by atoms with E-state index in [1.165, 1.54) is 238 Å². The SMILES string of the molecule is CCCCCCCCC/C=C\CCCCCCCCCC(=O)OCCCCCCCCCCCCCCCCCCC(=O)NC(CO)C(O)/C=C/CCCCCCCCCCCCC. The third-order valence-corrected chi connectivity index (χ3v) is 13.2. The van der Waals surface area contributed by atoms with Crippen molar-refractivity contribution in [3.05, 3.63) is 24.3 Å². The molecular weight excluding hydrogens is 791 g/mol. The molecule has 6 nitrogen and oxygen atoms in total. The van der Waals surface area contributed by atoms with Crippen LogP contribution in [0.25, 0.3) is 0 Å². The van der Waals surface area contributed by atoms with E-state index in [1.54, 1.807) is 6.08 Å². The number of nitrogens with one attached hydrogen (secondary N) is 1. The molecule has 0 aliphatic carbocycles. The van der Waals surface area contributed by atoms with Crippen LogP contribution in [-0.2, 0) is 14.3 Å². The molecule has 0 aromatic rings. The molecule has 0 aromatic heterocycles. The predicted octanol–water partition coefficient (Wildman–Crippen LogP) is 17.5. The van der Waals surface area contributed by atoms with E-state index in [0.717, 1.165) is 44.9 Å². The predicted molar refractivity (Wildman–Crippen MR) is 278 cm³/mol. The Kier molecular flexibility index (Phi) is 52.6. The van der Waals surface area contributed by atoms with Crippen molar-refractivity contribution in [3.8, 4) is 0 Å². The standard InChI is InChI=1S/C58H111NO5/c1-3-5-7-9-11-13-15-17-18-19-20-24-28-32-36-40-44-48-52-58(63)64-53-49-45-41-37-33-29-25-22-21-23-27-31-35-39-43-47-51-57(62)59-55(54-60)56(61)50-46-42-38-34-30-26-16-14-12-10-8-6-4-2/h18-19,46,50,55-56,60-61H,3-17,20-45,47-49,51-54H2,1-2H3,(H,59,62)/b19-18-,50-46+. The zero-order valence-corrected chi connectivity index (χ0v) is 43.0. The monoisotopic (exact) mass is 902 g/mol. The lowest BCUT2D eigenvalue weighted by Crippen LogP contribution is -2.45. The Bertz CT molecular complexity index is 997. The number of unbranched alkanes of at least 4 members (excludes halogenated alkanes) is 40. The van der Waals surface area contributed by atoms with Crippen LogP contribution in [0.4, 0.5) is 0 Å². The van der Waals surface area contributed by atoms with Crippen molar-refractivity contribution in [2.24, 2.45) is 0 Å². The smallest absolute Gasteiger partial charge is 0.305 e. The number of amides is 1. The average Bonchev–Trinajstić information content (AvgIpc) is 3.29. The van der Waals surface area contributed by atoms with Crippen molar-refractivity contribution in [1.82, 2.24) is 5.32 Å². The molecule has 1 amide bonds. The highest BCUT2D eigenvalue weighted by molar-refractivity contribution is 5.76. The molecule has 0 saturated carbocycles. The van der Waals surface area contributed by atoms with Crippen molar-refractivity contribution in [3.63, 3.8) is 0 Å². The Hall–Kier alpha value is -1.66. The van der Waals surface area contributed by atoms with Gasteiger partial charge in [-0.2, -0.15) is 0 Å². The fourth-order valence-electron chi connectivity index (χ4n) is 8.81. The Morgan fingerprint density at radius 3 is 1.11 bits per heavy atom. The summed E-state index contributed by atoms with van der Waals surface area (Å²) in [5, 5.41) is 23.1. The van der Waals surface area contributed by atoms with Crippen molar-refractivity contribution in [2.75, 3.05) is 13.2 Å². The summed E-state index contributed by atoms with van der Waals surface area (Å²) < 4.78 is 5.48. The Labute approximate surface area is 399 Å². The molecule has 0 spiro atoms. The van der Waals surface area contributed by atoms with E-state index in [-0.39, 0.29) is 18.5 Å². The zero-order valence-electron chi connectivity index (χ0n) is 43.0. The summed E-state index contributed by atoms with van der Waals surface area (Å²) in [6, 6.07) is -0.632. The number of esters is 1. The maximum Gasteiger partial charge on any atom is 0.305 e. The van der Waals surface area contributed by atoms with Crippen LogP contribution in [0.5, 0.6) is 0 Å². The van der Waals surface area contributed by atoms with E-state index in [4.69, 9.17) is 4.74 Å². The van der Waals surface area contributed by atoms with E-state index in [2.05, 4.69) is 31.3 Å². The topological polar surface area (TPSA) is 95.9 Å². The molecule has 0 aliphatic rings. The molecule has 0 fully saturated rings. The number of hydrogen-bond acceptors (Lipinski definition) is 5. The first-order valence-electron chi connectivity index (χ1n) is 28.6. The normalized spacial score (nSPS) is 12.8. The van der Waals surface area contributed by atoms with Crippen LogP contribution in [0.15, 0.2) is 24.3 Å². The minimum Gasteiger partial charge on any atom is -0.466 e. The molecular formula is C58H111NO5. The first-order chi connectivity index (χ1) is 31.5. The fourth-order valence-corrected chi connectivity index (χ4v) is 8.81. The summed E-state index contributed by atoms with van der Waals surface area (Å²) in [5.41, 5.74) is 0. The molecule has 0 radical (unpaired) electrons. The van der Waals surface area contributed by atoms with Crippen LogP contribution < -0.4 is 5.32 Å². The van der Waals surface area contributed by atoms with Gasteiger partial charge in [0, 0.05) is 12.8 Å². The molecule has 3 N–H and O–H groups in total. The van der Waals surface area contributed by atoms with Crippen LogP contribution in [0.3, 0.4) is 0 Å². The Balaban J connectivity index is 3.42. The van der Waals surface area contributed by atoms with Gasteiger partial charge in [-0.05, 0) is 57.8 Å². The summed E-state index contributed by atoms with van der Waals surface area (Å²) >= 11 is 0. The van der Waals surface area contributed by atoms with Gasteiger partial charge in [-0.15, -0.1) is 0 Å². The number of carbonyl (C=O) groups excluding carboxylic acids is 2. The van der Waals surface area contributed by atoms with Gasteiger partial charge in [-0.3, -0.25) is 9.59 Å². The molecule has 0 bridgehead atoms. The van der Waals surface area contributed by atoms with E-state index in [1.807, 2.05) is 6.08 Å². The van der Waals surface area contributed by atoms with Crippen LogP contribution in [0.1, 0.15) is 309 Å². The number of carbonyl (C=O) groups is 2. The molecule has 0 rings (SSSR count).